The van der Waals surface area contributed by atoms with Gasteiger partial charge in [-0.3, -0.25) is 0 Å². The zero-order valence-corrected chi connectivity index (χ0v) is 10.7. The summed E-state index contributed by atoms with van der Waals surface area (Å²) in [6.45, 7) is 6.86. The fourth-order valence-electron chi connectivity index (χ4n) is 2.21. The van der Waals surface area contributed by atoms with E-state index in [9.17, 15) is 5.11 Å². The van der Waals surface area contributed by atoms with E-state index in [-0.39, 0.29) is 0 Å². The maximum Gasteiger partial charge on any atom is 0.115 e. The van der Waals surface area contributed by atoms with E-state index in [1.807, 2.05) is 12.1 Å². The summed E-state index contributed by atoms with van der Waals surface area (Å²) in [5, 5.41) is 9.24. The Bertz CT molecular complexity index is 289. The first kappa shape index (κ1) is 13.1. The molecule has 0 aliphatic heterocycles. The molecular weight excluding hydrogens is 196 g/mol. The average Bonchev–Trinajstić information content (AvgIpc) is 2.27. The predicted octanol–water partition coefficient (Wildman–Crippen LogP) is 4.71. The highest BCUT2D eigenvalue weighted by molar-refractivity contribution is 5.27. The summed E-state index contributed by atoms with van der Waals surface area (Å²) in [5.41, 5.74) is 1.33. The topological polar surface area (TPSA) is 20.2 Å². The standard InChI is InChI=1S/C15H24O/c1-4-5-6-12(2)11-13(3)14-7-9-15(16)10-8-14/h7-10,12-13,16H,4-6,11H2,1-3H3. The van der Waals surface area contributed by atoms with Crippen molar-refractivity contribution in [1.82, 2.24) is 0 Å². The number of aromatic hydroxyl groups is 1. The van der Waals surface area contributed by atoms with E-state index in [1.54, 1.807) is 12.1 Å². The van der Waals surface area contributed by atoms with E-state index in [0.29, 0.717) is 11.7 Å². The number of unbranched alkanes of at least 4 members (excludes halogenated alkanes) is 1. The highest BCUT2D eigenvalue weighted by Crippen LogP contribution is 2.26. The molecule has 16 heavy (non-hydrogen) atoms. The van der Waals surface area contributed by atoms with E-state index >= 15 is 0 Å². The highest BCUT2D eigenvalue weighted by atomic mass is 16.3. The summed E-state index contributed by atoms with van der Waals surface area (Å²) in [5.74, 6) is 1.74. The minimum Gasteiger partial charge on any atom is -0.508 e. The number of hydrogen-bond acceptors (Lipinski definition) is 1. The van der Waals surface area contributed by atoms with Crippen LogP contribution in [0.3, 0.4) is 0 Å². The highest BCUT2D eigenvalue weighted by Gasteiger charge is 2.10. The molecule has 2 atom stereocenters. The number of phenols is 1. The van der Waals surface area contributed by atoms with E-state index in [1.165, 1.54) is 31.2 Å². The fraction of sp³-hybridized carbons (Fsp3) is 0.600. The largest absolute Gasteiger partial charge is 0.508 e. The lowest BCUT2D eigenvalue weighted by atomic mass is 9.88. The van der Waals surface area contributed by atoms with Crippen LogP contribution in [0.5, 0.6) is 5.75 Å². The molecular formula is C15H24O. The van der Waals surface area contributed by atoms with Crippen LogP contribution < -0.4 is 0 Å². The maximum atomic E-state index is 9.24. The minimum absolute atomic E-state index is 0.356. The third-order valence-corrected chi connectivity index (χ3v) is 3.27. The Kier molecular flexibility index (Phi) is 5.37. The molecule has 0 bridgehead atoms. The van der Waals surface area contributed by atoms with Gasteiger partial charge in [-0.15, -0.1) is 0 Å². The molecule has 0 aliphatic rings. The van der Waals surface area contributed by atoms with Gasteiger partial charge in [-0.2, -0.15) is 0 Å². The Labute approximate surface area is 99.5 Å². The monoisotopic (exact) mass is 220 g/mol. The van der Waals surface area contributed by atoms with Crippen LogP contribution in [0.1, 0.15) is 57.9 Å². The van der Waals surface area contributed by atoms with Gasteiger partial charge in [0.25, 0.3) is 0 Å². The molecule has 1 rings (SSSR count). The molecule has 2 unspecified atom stereocenters. The first-order valence-electron chi connectivity index (χ1n) is 6.42. The number of benzene rings is 1. The van der Waals surface area contributed by atoms with Crippen LogP contribution in [0.25, 0.3) is 0 Å². The molecule has 0 saturated carbocycles. The van der Waals surface area contributed by atoms with Gasteiger partial charge < -0.3 is 5.11 Å². The molecule has 1 N–H and O–H groups in total. The van der Waals surface area contributed by atoms with Gasteiger partial charge in [0.1, 0.15) is 5.75 Å². The van der Waals surface area contributed by atoms with Crippen LogP contribution in [-0.2, 0) is 0 Å². The molecule has 90 valence electrons. The van der Waals surface area contributed by atoms with E-state index in [2.05, 4.69) is 20.8 Å². The Morgan fingerprint density at radius 2 is 1.75 bits per heavy atom. The summed E-state index contributed by atoms with van der Waals surface area (Å²) in [7, 11) is 0. The molecule has 1 nitrogen and oxygen atoms in total. The van der Waals surface area contributed by atoms with Crippen LogP contribution in [-0.4, -0.2) is 5.11 Å². The summed E-state index contributed by atoms with van der Waals surface area (Å²) < 4.78 is 0. The minimum atomic E-state index is 0.356. The van der Waals surface area contributed by atoms with Gasteiger partial charge in [0.15, 0.2) is 0 Å². The van der Waals surface area contributed by atoms with Crippen molar-refractivity contribution in [2.45, 2.75) is 52.4 Å². The molecule has 1 aromatic carbocycles. The molecule has 0 aromatic heterocycles. The first-order valence-corrected chi connectivity index (χ1v) is 6.42. The zero-order chi connectivity index (χ0) is 12.0. The maximum absolute atomic E-state index is 9.24. The molecule has 0 heterocycles. The Balaban J connectivity index is 2.45. The molecule has 0 fully saturated rings. The summed E-state index contributed by atoms with van der Waals surface area (Å²) in [6.07, 6.45) is 5.20. The molecule has 0 amide bonds. The summed E-state index contributed by atoms with van der Waals surface area (Å²) in [4.78, 5) is 0. The van der Waals surface area contributed by atoms with Crippen molar-refractivity contribution in [2.24, 2.45) is 5.92 Å². The normalized spacial score (nSPS) is 14.7. The third kappa shape index (κ3) is 4.26. The van der Waals surface area contributed by atoms with Gasteiger partial charge in [0, 0.05) is 0 Å². The summed E-state index contributed by atoms with van der Waals surface area (Å²) in [6, 6.07) is 7.63. The first-order chi connectivity index (χ1) is 7.63. The number of hydrogen-bond donors (Lipinski definition) is 1. The number of rotatable bonds is 6. The third-order valence-electron chi connectivity index (χ3n) is 3.27. The van der Waals surface area contributed by atoms with Crippen molar-refractivity contribution >= 4 is 0 Å². The predicted molar refractivity (Wildman–Crippen MR) is 69.8 cm³/mol. The van der Waals surface area contributed by atoms with Gasteiger partial charge in [-0.05, 0) is 36.0 Å². The van der Waals surface area contributed by atoms with Crippen LogP contribution in [0.2, 0.25) is 0 Å². The molecule has 1 aromatic rings. The van der Waals surface area contributed by atoms with E-state index < -0.39 is 0 Å². The fourth-order valence-corrected chi connectivity index (χ4v) is 2.21. The van der Waals surface area contributed by atoms with Crippen molar-refractivity contribution in [3.8, 4) is 5.75 Å². The van der Waals surface area contributed by atoms with Crippen molar-refractivity contribution in [3.05, 3.63) is 29.8 Å². The van der Waals surface area contributed by atoms with Crippen molar-refractivity contribution in [1.29, 1.82) is 0 Å². The van der Waals surface area contributed by atoms with Crippen LogP contribution in [0, 0.1) is 5.92 Å². The van der Waals surface area contributed by atoms with Crippen LogP contribution >= 0.6 is 0 Å². The van der Waals surface area contributed by atoms with Crippen molar-refractivity contribution in [2.75, 3.05) is 0 Å². The molecule has 0 radical (unpaired) electrons. The second kappa shape index (κ2) is 6.57. The SMILES string of the molecule is CCCCC(C)CC(C)c1ccc(O)cc1. The van der Waals surface area contributed by atoms with E-state index in [0.717, 1.165) is 5.92 Å². The molecule has 0 spiro atoms. The molecule has 0 aliphatic carbocycles. The number of phenolic OH excluding ortho intramolecular Hbond substituents is 1. The summed E-state index contributed by atoms with van der Waals surface area (Å²) >= 11 is 0. The second-order valence-electron chi connectivity index (χ2n) is 4.98. The lowest BCUT2D eigenvalue weighted by molar-refractivity contribution is 0.437. The van der Waals surface area contributed by atoms with Gasteiger partial charge >= 0.3 is 0 Å². The van der Waals surface area contributed by atoms with Crippen molar-refractivity contribution in [3.63, 3.8) is 0 Å². The molecule has 0 saturated heterocycles. The van der Waals surface area contributed by atoms with Crippen LogP contribution in [0.4, 0.5) is 0 Å². The van der Waals surface area contributed by atoms with Gasteiger partial charge in [0.2, 0.25) is 0 Å². The Morgan fingerprint density at radius 3 is 2.31 bits per heavy atom. The van der Waals surface area contributed by atoms with E-state index in [4.69, 9.17) is 0 Å². The van der Waals surface area contributed by atoms with Crippen molar-refractivity contribution < 1.29 is 5.11 Å². The second-order valence-corrected chi connectivity index (χ2v) is 4.98. The van der Waals surface area contributed by atoms with Gasteiger partial charge in [-0.25, -0.2) is 0 Å². The lowest BCUT2D eigenvalue weighted by Gasteiger charge is -2.17. The zero-order valence-electron chi connectivity index (χ0n) is 10.7. The quantitative estimate of drug-likeness (QED) is 0.736. The van der Waals surface area contributed by atoms with Gasteiger partial charge in [-0.1, -0.05) is 52.2 Å². The Morgan fingerprint density at radius 1 is 1.12 bits per heavy atom. The molecule has 1 heteroatoms. The van der Waals surface area contributed by atoms with Crippen LogP contribution in [0.15, 0.2) is 24.3 Å². The smallest absolute Gasteiger partial charge is 0.115 e. The van der Waals surface area contributed by atoms with Gasteiger partial charge in [0.05, 0.1) is 0 Å². The Hall–Kier alpha value is -0.980. The average molecular weight is 220 g/mol. The lowest BCUT2D eigenvalue weighted by Crippen LogP contribution is -2.02.